The van der Waals surface area contributed by atoms with E-state index in [2.05, 4.69) is 32.2 Å². The summed E-state index contributed by atoms with van der Waals surface area (Å²) in [5.74, 6) is 0.393. The summed E-state index contributed by atoms with van der Waals surface area (Å²) >= 11 is 0. The standard InChI is InChI=1S/C26H32FN7O4/c1-33-9-11-34(12-10-33)25(36)18-15-37-22(38-16-18)14-21-31-23(17-2-4-19(27)5-3-17)24(32-21)20-6-7-28-26(30-20)29-8-13-35/h2-7,18,22,35H,8-16H2,1H3,(H,31,32)(H,28,29,30). The van der Waals surface area contributed by atoms with Crippen LogP contribution in [0, 0.1) is 11.7 Å². The molecule has 0 unspecified atom stereocenters. The van der Waals surface area contributed by atoms with E-state index >= 15 is 0 Å². The summed E-state index contributed by atoms with van der Waals surface area (Å²) in [6.07, 6.45) is 1.39. The van der Waals surface area contributed by atoms with Crippen molar-refractivity contribution in [2.24, 2.45) is 5.92 Å². The number of ether oxygens (including phenoxy) is 2. The molecule has 2 aliphatic heterocycles. The lowest BCUT2D eigenvalue weighted by atomic mass is 10.1. The summed E-state index contributed by atoms with van der Waals surface area (Å²) in [4.78, 5) is 33.8. The van der Waals surface area contributed by atoms with Crippen molar-refractivity contribution in [1.82, 2.24) is 29.7 Å². The van der Waals surface area contributed by atoms with Crippen molar-refractivity contribution in [3.8, 4) is 22.6 Å². The molecule has 12 heteroatoms. The predicted octanol–water partition coefficient (Wildman–Crippen LogP) is 1.38. The number of imidazole rings is 1. The topological polar surface area (TPSA) is 129 Å². The highest BCUT2D eigenvalue weighted by molar-refractivity contribution is 5.79. The third-order valence-corrected chi connectivity index (χ3v) is 6.67. The number of hydrogen-bond acceptors (Lipinski definition) is 9. The Morgan fingerprint density at radius 2 is 1.87 bits per heavy atom. The van der Waals surface area contributed by atoms with Gasteiger partial charge in [-0.05, 0) is 37.4 Å². The normalized spacial score (nSPS) is 20.4. The van der Waals surface area contributed by atoms with Crippen LogP contribution in [-0.4, -0.2) is 107 Å². The van der Waals surface area contributed by atoms with Gasteiger partial charge in [0.2, 0.25) is 11.9 Å². The van der Waals surface area contributed by atoms with Gasteiger partial charge in [0.05, 0.1) is 49.2 Å². The Morgan fingerprint density at radius 3 is 2.58 bits per heavy atom. The van der Waals surface area contributed by atoms with Crippen molar-refractivity contribution in [3.63, 3.8) is 0 Å². The molecule has 1 amide bonds. The Bertz CT molecular complexity index is 1220. The number of nitrogens with one attached hydrogen (secondary N) is 2. The molecule has 38 heavy (non-hydrogen) atoms. The summed E-state index contributed by atoms with van der Waals surface area (Å²) in [5.41, 5.74) is 2.54. The fourth-order valence-corrected chi connectivity index (χ4v) is 4.52. The molecule has 0 saturated carbocycles. The SMILES string of the molecule is CN1CCN(C(=O)C2COC(Cc3nc(-c4ccc(F)cc4)c(-c4ccnc(NCCO)n4)[nH]3)OC2)CC1. The second-order valence-electron chi connectivity index (χ2n) is 9.46. The van der Waals surface area contributed by atoms with Crippen LogP contribution in [0.15, 0.2) is 36.5 Å². The second kappa shape index (κ2) is 11.9. The average molecular weight is 526 g/mol. The first-order chi connectivity index (χ1) is 18.5. The largest absolute Gasteiger partial charge is 0.395 e. The van der Waals surface area contributed by atoms with Gasteiger partial charge in [-0.2, -0.15) is 0 Å². The molecule has 0 aliphatic carbocycles. The van der Waals surface area contributed by atoms with Crippen LogP contribution >= 0.6 is 0 Å². The molecule has 11 nitrogen and oxygen atoms in total. The Labute approximate surface area is 220 Å². The fraction of sp³-hybridized carbons (Fsp3) is 0.462. The number of aliphatic hydroxyl groups is 1. The maximum absolute atomic E-state index is 13.6. The highest BCUT2D eigenvalue weighted by atomic mass is 19.1. The highest BCUT2D eigenvalue weighted by Crippen LogP contribution is 2.30. The molecule has 2 aliphatic rings. The van der Waals surface area contributed by atoms with Crippen molar-refractivity contribution in [2.45, 2.75) is 12.7 Å². The number of piperazine rings is 1. The zero-order chi connectivity index (χ0) is 26.5. The van der Waals surface area contributed by atoms with Gasteiger partial charge in [0.1, 0.15) is 11.6 Å². The number of H-pyrrole nitrogens is 1. The Hall–Kier alpha value is -3.45. The second-order valence-corrected chi connectivity index (χ2v) is 9.46. The molecule has 0 bridgehead atoms. The highest BCUT2D eigenvalue weighted by Gasteiger charge is 2.32. The maximum atomic E-state index is 13.6. The van der Waals surface area contributed by atoms with Gasteiger partial charge in [-0.3, -0.25) is 4.79 Å². The van der Waals surface area contributed by atoms with Crippen LogP contribution in [0.25, 0.3) is 22.6 Å². The number of carbonyl (C=O) groups excluding carboxylic acids is 1. The van der Waals surface area contributed by atoms with E-state index in [1.807, 2.05) is 4.90 Å². The summed E-state index contributed by atoms with van der Waals surface area (Å²) in [7, 11) is 2.05. The number of aromatic amines is 1. The van der Waals surface area contributed by atoms with E-state index in [1.165, 1.54) is 12.1 Å². The minimum Gasteiger partial charge on any atom is -0.395 e. The molecule has 4 heterocycles. The molecule has 0 spiro atoms. The first kappa shape index (κ1) is 26.2. The zero-order valence-electron chi connectivity index (χ0n) is 21.3. The number of amides is 1. The minimum absolute atomic E-state index is 0.0498. The van der Waals surface area contributed by atoms with Gasteiger partial charge in [0, 0.05) is 44.5 Å². The molecule has 2 aromatic heterocycles. The zero-order valence-corrected chi connectivity index (χ0v) is 21.3. The van der Waals surface area contributed by atoms with Crippen LogP contribution < -0.4 is 5.32 Å². The monoisotopic (exact) mass is 525 g/mol. The lowest BCUT2D eigenvalue weighted by molar-refractivity contribution is -0.204. The van der Waals surface area contributed by atoms with Gasteiger partial charge in [0.15, 0.2) is 6.29 Å². The van der Waals surface area contributed by atoms with Crippen LogP contribution in [0.5, 0.6) is 0 Å². The Balaban J connectivity index is 1.30. The van der Waals surface area contributed by atoms with Crippen LogP contribution in [0.2, 0.25) is 0 Å². The van der Waals surface area contributed by atoms with E-state index in [0.717, 1.165) is 31.7 Å². The van der Waals surface area contributed by atoms with Gasteiger partial charge in [-0.25, -0.2) is 19.3 Å². The number of anilines is 1. The van der Waals surface area contributed by atoms with Gasteiger partial charge < -0.3 is 34.7 Å². The van der Waals surface area contributed by atoms with E-state index in [0.29, 0.717) is 55.0 Å². The van der Waals surface area contributed by atoms with Crippen LogP contribution in [0.4, 0.5) is 10.3 Å². The summed E-state index contributed by atoms with van der Waals surface area (Å²) in [5, 5.41) is 12.1. The number of likely N-dealkylation sites (N-methyl/N-ethyl adjacent to an activating group) is 1. The number of aliphatic hydroxyl groups excluding tert-OH is 1. The van der Waals surface area contributed by atoms with Crippen LogP contribution in [-0.2, 0) is 20.7 Å². The number of carbonyl (C=O) groups is 1. The summed E-state index contributed by atoms with van der Waals surface area (Å²) < 4.78 is 25.4. The van der Waals surface area contributed by atoms with Crippen molar-refractivity contribution in [1.29, 1.82) is 0 Å². The quantitative estimate of drug-likeness (QED) is 0.400. The number of hydrogen-bond donors (Lipinski definition) is 3. The Morgan fingerprint density at radius 1 is 1.13 bits per heavy atom. The van der Waals surface area contributed by atoms with Gasteiger partial charge in [-0.15, -0.1) is 0 Å². The third kappa shape index (κ3) is 6.16. The Kier molecular flexibility index (Phi) is 8.23. The number of halogens is 1. The molecule has 2 fully saturated rings. The van der Waals surface area contributed by atoms with Crippen LogP contribution in [0.1, 0.15) is 5.82 Å². The number of aromatic nitrogens is 4. The molecule has 3 N–H and O–H groups in total. The maximum Gasteiger partial charge on any atom is 0.230 e. The van der Waals surface area contributed by atoms with Crippen molar-refractivity contribution in [2.75, 3.05) is 64.9 Å². The fourth-order valence-electron chi connectivity index (χ4n) is 4.52. The molecule has 5 rings (SSSR count). The van der Waals surface area contributed by atoms with Crippen molar-refractivity contribution < 1.29 is 23.8 Å². The first-order valence-electron chi connectivity index (χ1n) is 12.7. The van der Waals surface area contributed by atoms with Gasteiger partial charge in [0.25, 0.3) is 0 Å². The molecule has 0 radical (unpaired) electrons. The van der Waals surface area contributed by atoms with Crippen molar-refractivity contribution >= 4 is 11.9 Å². The molecule has 202 valence electrons. The number of rotatable bonds is 8. The molecule has 3 aromatic rings. The summed E-state index contributed by atoms with van der Waals surface area (Å²) in [6, 6.07) is 7.83. The smallest absolute Gasteiger partial charge is 0.230 e. The van der Waals surface area contributed by atoms with E-state index < -0.39 is 6.29 Å². The lowest BCUT2D eigenvalue weighted by Gasteiger charge is -2.36. The molecule has 0 atom stereocenters. The minimum atomic E-state index is -0.557. The van der Waals surface area contributed by atoms with E-state index in [-0.39, 0.29) is 24.2 Å². The van der Waals surface area contributed by atoms with Crippen molar-refractivity contribution in [3.05, 3.63) is 48.2 Å². The molecule has 1 aromatic carbocycles. The average Bonchev–Trinajstić information content (AvgIpc) is 3.36. The molecular weight excluding hydrogens is 493 g/mol. The van der Waals surface area contributed by atoms with Crippen LogP contribution in [0.3, 0.4) is 0 Å². The predicted molar refractivity (Wildman–Crippen MR) is 138 cm³/mol. The lowest BCUT2D eigenvalue weighted by Crippen LogP contribution is -2.51. The van der Waals surface area contributed by atoms with E-state index in [4.69, 9.17) is 19.6 Å². The third-order valence-electron chi connectivity index (χ3n) is 6.67. The summed E-state index contributed by atoms with van der Waals surface area (Å²) in [6.45, 7) is 4.02. The molecule has 2 saturated heterocycles. The first-order valence-corrected chi connectivity index (χ1v) is 12.7. The van der Waals surface area contributed by atoms with E-state index in [9.17, 15) is 9.18 Å². The van der Waals surface area contributed by atoms with E-state index in [1.54, 1.807) is 24.4 Å². The van der Waals surface area contributed by atoms with Gasteiger partial charge >= 0.3 is 0 Å². The number of nitrogens with zero attached hydrogens (tertiary/aromatic N) is 5. The molecular formula is C26H32FN7O4. The van der Waals surface area contributed by atoms with Gasteiger partial charge in [-0.1, -0.05) is 0 Å². The number of benzene rings is 1.